The van der Waals surface area contributed by atoms with E-state index in [9.17, 15) is 11.0 Å². The molecule has 0 atom stereocenters. The van der Waals surface area contributed by atoms with Crippen LogP contribution >= 0.6 is 0 Å². The summed E-state index contributed by atoms with van der Waals surface area (Å²) in [6, 6.07) is -21.2. The van der Waals surface area contributed by atoms with Gasteiger partial charge in [0.05, 0.1) is 32.9 Å². The summed E-state index contributed by atoms with van der Waals surface area (Å²) in [5.74, 6) is 0. The summed E-state index contributed by atoms with van der Waals surface area (Å²) in [5.41, 5.74) is -5.32. The summed E-state index contributed by atoms with van der Waals surface area (Å²) in [5, 5.41) is -3.55. The second kappa shape index (κ2) is 8.72. The van der Waals surface area contributed by atoms with Crippen LogP contribution in [-0.4, -0.2) is 0 Å². The molecule has 0 unspecified atom stereocenters. The highest BCUT2D eigenvalue weighted by atomic mass is 16.3. The minimum Gasteiger partial charge on any atom is -0.456 e. The fourth-order valence-electron chi connectivity index (χ4n) is 4.49. The molecule has 8 aromatic rings. The molecule has 0 spiro atoms. The summed E-state index contributed by atoms with van der Waals surface area (Å²) in [4.78, 5) is 0. The first kappa shape index (κ1) is 8.69. The van der Waals surface area contributed by atoms with Gasteiger partial charge >= 0.3 is 0 Å². The maximum Gasteiger partial charge on any atom is 0.135 e. The Morgan fingerprint density at radius 3 is 1.41 bits per heavy atom. The molecule has 0 aliphatic rings. The highest BCUT2D eigenvalue weighted by Gasteiger charge is 2.17. The molecule has 39 heavy (non-hydrogen) atoms. The first-order chi connectivity index (χ1) is 29.3. The molecule has 0 saturated carbocycles. The second-order valence-corrected chi connectivity index (χ2v) is 8.26. The molecule has 1 nitrogen and oxygen atoms in total. The number of hydrogen-bond acceptors (Lipinski definition) is 1. The molecular weight excluding hydrogens is 472 g/mol. The Labute approximate surface area is 260 Å². The monoisotopic (exact) mass is 520 g/mol. The molecule has 1 aromatic heterocycles. The molecule has 0 aliphatic heterocycles. The lowest BCUT2D eigenvalue weighted by molar-refractivity contribution is 0.669. The van der Waals surface area contributed by atoms with E-state index in [1.165, 1.54) is 0 Å². The molecule has 182 valence electrons. The second-order valence-electron chi connectivity index (χ2n) is 8.26. The largest absolute Gasteiger partial charge is 0.456 e. The van der Waals surface area contributed by atoms with Gasteiger partial charge in [-0.25, -0.2) is 0 Å². The van der Waals surface area contributed by atoms with Gasteiger partial charge in [-0.2, -0.15) is 0 Å². The zero-order chi connectivity index (χ0) is 46.6. The molecule has 0 bridgehead atoms. The van der Waals surface area contributed by atoms with E-state index in [2.05, 4.69) is 0 Å². The van der Waals surface area contributed by atoms with Crippen LogP contribution in [0.15, 0.2) is 149 Å². The van der Waals surface area contributed by atoms with Gasteiger partial charge in [0.25, 0.3) is 0 Å². The maximum atomic E-state index is 9.54. The average Bonchev–Trinajstić information content (AvgIpc) is 3.67. The maximum absolute atomic E-state index is 9.54. The molecule has 0 aliphatic carbocycles. The van der Waals surface area contributed by atoms with E-state index in [1.807, 2.05) is 0 Å². The number of fused-ring (bicyclic) bond motifs is 5. The van der Waals surface area contributed by atoms with Crippen molar-refractivity contribution in [3.63, 3.8) is 0 Å². The SMILES string of the molecule is [2H]c1c([2H])c([2H])c(-c2c([2H])c([2H])c(-c3c4c([2H])c([2H])c([2H])c([2H])c4c(-c4c([2H])c([2H])c5oc6c([2H])c([2H])c([2H])c([2H])c6c5c4[2H])c4c([2H])c([2H])c([2H])c([2H])c34)c([2H])c2[2H])c([2H])c1[2H]. The van der Waals surface area contributed by atoms with E-state index in [1.54, 1.807) is 0 Å². The normalized spacial score (nSPS) is 20.2. The average molecular weight is 521 g/mol. The van der Waals surface area contributed by atoms with Crippen molar-refractivity contribution in [3.05, 3.63) is 145 Å². The number of furan rings is 1. The molecule has 0 radical (unpaired) electrons. The smallest absolute Gasteiger partial charge is 0.135 e. The lowest BCUT2D eigenvalue weighted by Crippen LogP contribution is -1.91. The third-order valence-electron chi connectivity index (χ3n) is 6.14. The van der Waals surface area contributed by atoms with Crippen molar-refractivity contribution >= 4 is 43.5 Å². The van der Waals surface area contributed by atoms with Crippen LogP contribution in [0.2, 0.25) is 0 Å². The van der Waals surface area contributed by atoms with Gasteiger partial charge in [0.2, 0.25) is 0 Å². The van der Waals surface area contributed by atoms with Crippen LogP contribution in [0.3, 0.4) is 0 Å². The Morgan fingerprint density at radius 1 is 0.333 bits per heavy atom. The quantitative estimate of drug-likeness (QED) is 0.211. The van der Waals surface area contributed by atoms with Gasteiger partial charge in [0.15, 0.2) is 0 Å². The van der Waals surface area contributed by atoms with Crippen molar-refractivity contribution < 1.29 is 37.3 Å². The fraction of sp³-hybridized carbons (Fsp3) is 0. The van der Waals surface area contributed by atoms with Crippen LogP contribution in [0.25, 0.3) is 76.9 Å². The van der Waals surface area contributed by atoms with E-state index in [0.29, 0.717) is 0 Å². The molecule has 8 rings (SSSR count). The van der Waals surface area contributed by atoms with Crippen LogP contribution in [0, 0.1) is 0 Å². The van der Waals surface area contributed by atoms with Crippen molar-refractivity contribution in [2.24, 2.45) is 0 Å². The predicted octanol–water partition coefficient (Wildman–Crippen LogP) is 10.9. The minimum absolute atomic E-state index is 0.396. The molecule has 0 N–H and O–H groups in total. The van der Waals surface area contributed by atoms with E-state index in [-0.39, 0.29) is 0 Å². The Hall–Kier alpha value is -5.14. The van der Waals surface area contributed by atoms with Gasteiger partial charge in [0.1, 0.15) is 11.2 Å². The zero-order valence-corrected chi connectivity index (χ0v) is 19.4. The Balaban J connectivity index is 1.69. The van der Waals surface area contributed by atoms with Gasteiger partial charge in [-0.15, -0.1) is 0 Å². The molecule has 1 heteroatoms. The Bertz CT molecular complexity index is 3360. The number of rotatable bonds is 3. The number of hydrogen-bond donors (Lipinski definition) is 0. The van der Waals surface area contributed by atoms with E-state index < -0.39 is 222 Å². The lowest BCUT2D eigenvalue weighted by Gasteiger charge is -2.18. The van der Waals surface area contributed by atoms with E-state index in [0.717, 1.165) is 0 Å². The number of para-hydroxylation sites is 1. The van der Waals surface area contributed by atoms with Crippen LogP contribution in [0.4, 0.5) is 0 Å². The van der Waals surface area contributed by atoms with Crippen LogP contribution in [-0.2, 0) is 0 Å². The Kier molecular flexibility index (Phi) is 1.94. The topological polar surface area (TPSA) is 13.1 Å². The van der Waals surface area contributed by atoms with Gasteiger partial charge in [-0.1, -0.05) is 127 Å². The van der Waals surface area contributed by atoms with E-state index in [4.69, 9.17) is 26.3 Å². The van der Waals surface area contributed by atoms with Crippen LogP contribution in [0.1, 0.15) is 32.9 Å². The summed E-state index contributed by atoms with van der Waals surface area (Å²) >= 11 is 0. The van der Waals surface area contributed by atoms with Crippen LogP contribution in [0.5, 0.6) is 0 Å². The third-order valence-corrected chi connectivity index (χ3v) is 6.14. The van der Waals surface area contributed by atoms with Crippen molar-refractivity contribution in [3.8, 4) is 33.4 Å². The standard InChI is InChI=1S/C38H24O/c1-2-10-25(11-3-1)26-18-20-27(21-19-26)37-30-13-4-6-15-32(30)38(33-16-7-5-14-31(33)37)28-22-23-36-34(24-28)29-12-8-9-17-35(29)39-36/h1-24H/i1D,2D,3D,4D,5D,6D,7D,8D,9D,10D,11D,12D,13D,14D,15D,16D,17D,18D,19D,20D,21D,22D,23D,24D. The van der Waals surface area contributed by atoms with Gasteiger partial charge < -0.3 is 4.42 Å². The van der Waals surface area contributed by atoms with Crippen molar-refractivity contribution in [2.75, 3.05) is 0 Å². The predicted molar refractivity (Wildman–Crippen MR) is 165 cm³/mol. The summed E-state index contributed by atoms with van der Waals surface area (Å²) in [7, 11) is 0. The minimum atomic E-state index is -1.02. The molecule has 0 saturated heterocycles. The molecular formula is C38H24O. The summed E-state index contributed by atoms with van der Waals surface area (Å²) in [6.45, 7) is 0. The van der Waals surface area contributed by atoms with Gasteiger partial charge in [0, 0.05) is 10.8 Å². The van der Waals surface area contributed by atoms with Crippen molar-refractivity contribution in [1.82, 2.24) is 0 Å². The number of benzene rings is 7. The molecule has 1 heterocycles. The molecule has 7 aromatic carbocycles. The molecule has 0 fully saturated rings. The Morgan fingerprint density at radius 2 is 0.769 bits per heavy atom. The lowest BCUT2D eigenvalue weighted by atomic mass is 9.85. The third kappa shape index (κ3) is 3.48. The summed E-state index contributed by atoms with van der Waals surface area (Å²) in [6.07, 6.45) is 0. The molecule has 0 amide bonds. The summed E-state index contributed by atoms with van der Waals surface area (Å²) < 4.78 is 217. The van der Waals surface area contributed by atoms with Crippen molar-refractivity contribution in [1.29, 1.82) is 0 Å². The fourth-order valence-corrected chi connectivity index (χ4v) is 4.49. The first-order valence-electron chi connectivity index (χ1n) is 23.4. The highest BCUT2D eigenvalue weighted by molar-refractivity contribution is 6.22. The highest BCUT2D eigenvalue weighted by Crippen LogP contribution is 2.44. The van der Waals surface area contributed by atoms with Crippen LogP contribution < -0.4 is 0 Å². The zero-order valence-electron chi connectivity index (χ0n) is 43.4. The van der Waals surface area contributed by atoms with Gasteiger partial charge in [-0.05, 0) is 73.1 Å². The van der Waals surface area contributed by atoms with Gasteiger partial charge in [-0.3, -0.25) is 0 Å². The first-order valence-corrected chi connectivity index (χ1v) is 11.4. The van der Waals surface area contributed by atoms with E-state index >= 15 is 0 Å². The van der Waals surface area contributed by atoms with Crippen molar-refractivity contribution in [2.45, 2.75) is 0 Å².